The first-order valence-electron chi connectivity index (χ1n) is 7.11. The maximum absolute atomic E-state index is 12.2. The average Bonchev–Trinajstić information content (AvgIpc) is 2.97. The second-order valence-corrected chi connectivity index (χ2v) is 4.89. The van der Waals surface area contributed by atoms with Gasteiger partial charge in [0, 0.05) is 12.1 Å². The molecule has 0 saturated heterocycles. The minimum absolute atomic E-state index is 0.190. The summed E-state index contributed by atoms with van der Waals surface area (Å²) in [6.07, 6.45) is -0.927. The number of esters is 1. The van der Waals surface area contributed by atoms with Crippen LogP contribution in [0.15, 0.2) is 34.9 Å². The highest BCUT2D eigenvalue weighted by molar-refractivity contribution is 5.98. The lowest BCUT2D eigenvalue weighted by Gasteiger charge is -2.15. The fourth-order valence-electron chi connectivity index (χ4n) is 1.95. The van der Waals surface area contributed by atoms with Crippen LogP contribution in [0.5, 0.6) is 0 Å². The Kier molecular flexibility index (Phi) is 5.25. The number of benzene rings is 1. The van der Waals surface area contributed by atoms with Crippen LogP contribution < -0.4 is 5.32 Å². The van der Waals surface area contributed by atoms with Crippen LogP contribution in [0, 0.1) is 17.0 Å². The Morgan fingerprint density at radius 1 is 1.42 bits per heavy atom. The van der Waals surface area contributed by atoms with Gasteiger partial charge in [-0.2, -0.15) is 0 Å². The van der Waals surface area contributed by atoms with E-state index in [1.165, 1.54) is 30.3 Å². The standard InChI is InChI=1S/C15H15N3O6/c1-3-12(14(19)16-13-8-9(2)24-17-13)23-15(20)10-6-4-5-7-11(10)18(21)22/h4-8,12H,3H2,1-2H3,(H,16,17,19). The van der Waals surface area contributed by atoms with E-state index in [2.05, 4.69) is 10.5 Å². The highest BCUT2D eigenvalue weighted by Gasteiger charge is 2.27. The molecule has 0 aliphatic heterocycles. The molecule has 2 rings (SSSR count). The van der Waals surface area contributed by atoms with Gasteiger partial charge in [-0.1, -0.05) is 24.2 Å². The molecule has 9 nitrogen and oxygen atoms in total. The first kappa shape index (κ1) is 17.1. The van der Waals surface area contributed by atoms with Crippen molar-refractivity contribution in [1.29, 1.82) is 0 Å². The number of nitrogens with one attached hydrogen (secondary N) is 1. The van der Waals surface area contributed by atoms with E-state index >= 15 is 0 Å². The number of rotatable bonds is 6. The van der Waals surface area contributed by atoms with Crippen LogP contribution in [0.2, 0.25) is 0 Å². The molecule has 9 heteroatoms. The fourth-order valence-corrected chi connectivity index (χ4v) is 1.95. The summed E-state index contributed by atoms with van der Waals surface area (Å²) in [7, 11) is 0. The van der Waals surface area contributed by atoms with Crippen molar-refractivity contribution in [3.05, 3.63) is 51.8 Å². The summed E-state index contributed by atoms with van der Waals surface area (Å²) < 4.78 is 9.93. The van der Waals surface area contributed by atoms with E-state index in [1.807, 2.05) is 0 Å². The summed E-state index contributed by atoms with van der Waals surface area (Å²) in [4.78, 5) is 34.6. The van der Waals surface area contributed by atoms with Gasteiger partial charge in [0.05, 0.1) is 4.92 Å². The van der Waals surface area contributed by atoms with Crippen molar-refractivity contribution in [2.45, 2.75) is 26.4 Å². The van der Waals surface area contributed by atoms with Gasteiger partial charge in [0.1, 0.15) is 11.3 Å². The molecule has 1 aromatic heterocycles. The minimum Gasteiger partial charge on any atom is -0.448 e. The third-order valence-corrected chi connectivity index (χ3v) is 3.11. The minimum atomic E-state index is -1.12. The maximum Gasteiger partial charge on any atom is 0.345 e. The molecule has 2 aromatic rings. The van der Waals surface area contributed by atoms with E-state index in [1.54, 1.807) is 13.8 Å². The van der Waals surface area contributed by atoms with Crippen molar-refractivity contribution in [3.63, 3.8) is 0 Å². The predicted octanol–water partition coefficient (Wildman–Crippen LogP) is 2.47. The molecular formula is C15H15N3O6. The Labute approximate surface area is 136 Å². The van der Waals surface area contributed by atoms with Crippen LogP contribution in [0.25, 0.3) is 0 Å². The molecule has 0 bridgehead atoms. The highest BCUT2D eigenvalue weighted by Crippen LogP contribution is 2.20. The third-order valence-electron chi connectivity index (χ3n) is 3.11. The van der Waals surface area contributed by atoms with Crippen molar-refractivity contribution in [3.8, 4) is 0 Å². The van der Waals surface area contributed by atoms with E-state index in [-0.39, 0.29) is 23.5 Å². The Balaban J connectivity index is 2.11. The molecule has 1 aromatic carbocycles. The first-order valence-corrected chi connectivity index (χ1v) is 7.11. The number of hydrogen-bond donors (Lipinski definition) is 1. The van der Waals surface area contributed by atoms with Crippen molar-refractivity contribution in [2.75, 3.05) is 5.32 Å². The lowest BCUT2D eigenvalue weighted by atomic mass is 10.2. The largest absolute Gasteiger partial charge is 0.448 e. The number of aromatic nitrogens is 1. The molecule has 0 radical (unpaired) electrons. The number of para-hydroxylation sites is 1. The number of anilines is 1. The van der Waals surface area contributed by atoms with Crippen LogP contribution in [0.1, 0.15) is 29.5 Å². The predicted molar refractivity (Wildman–Crippen MR) is 82.5 cm³/mol. The molecule has 1 heterocycles. The van der Waals surface area contributed by atoms with Gasteiger partial charge in [0.2, 0.25) is 0 Å². The van der Waals surface area contributed by atoms with Gasteiger partial charge in [-0.15, -0.1) is 0 Å². The number of nitrogens with zero attached hydrogens (tertiary/aromatic N) is 2. The molecule has 24 heavy (non-hydrogen) atoms. The summed E-state index contributed by atoms with van der Waals surface area (Å²) >= 11 is 0. The highest BCUT2D eigenvalue weighted by atomic mass is 16.6. The van der Waals surface area contributed by atoms with Crippen LogP contribution >= 0.6 is 0 Å². The van der Waals surface area contributed by atoms with Gasteiger partial charge in [0.15, 0.2) is 11.9 Å². The molecular weight excluding hydrogens is 318 g/mol. The quantitative estimate of drug-likeness (QED) is 0.489. The zero-order valence-electron chi connectivity index (χ0n) is 13.0. The summed E-state index contributed by atoms with van der Waals surface area (Å²) in [6, 6.07) is 6.88. The van der Waals surface area contributed by atoms with Gasteiger partial charge in [-0.25, -0.2) is 4.79 Å². The van der Waals surface area contributed by atoms with Crippen molar-refractivity contribution in [1.82, 2.24) is 5.16 Å². The number of nitro benzene ring substituents is 1. The Morgan fingerprint density at radius 2 is 2.12 bits per heavy atom. The van der Waals surface area contributed by atoms with Crippen molar-refractivity contribution in [2.24, 2.45) is 0 Å². The summed E-state index contributed by atoms with van der Waals surface area (Å²) in [5, 5.41) is 17.0. The molecule has 0 fully saturated rings. The summed E-state index contributed by atoms with van der Waals surface area (Å²) in [5.41, 5.74) is -0.601. The van der Waals surface area contributed by atoms with Crippen molar-refractivity contribution < 1.29 is 23.8 Å². The van der Waals surface area contributed by atoms with Gasteiger partial charge in [-0.3, -0.25) is 14.9 Å². The zero-order valence-corrected chi connectivity index (χ0v) is 13.0. The Bertz CT molecular complexity index is 770. The van der Waals surface area contributed by atoms with E-state index in [0.29, 0.717) is 5.76 Å². The number of aryl methyl sites for hydroxylation is 1. The summed E-state index contributed by atoms with van der Waals surface area (Å²) in [6.45, 7) is 3.31. The topological polar surface area (TPSA) is 125 Å². The fraction of sp³-hybridized carbons (Fsp3) is 0.267. The lowest BCUT2D eigenvalue weighted by molar-refractivity contribution is -0.385. The maximum atomic E-state index is 12.2. The van der Waals surface area contributed by atoms with Gasteiger partial charge < -0.3 is 14.6 Å². The van der Waals surface area contributed by atoms with Crippen LogP contribution in [-0.2, 0) is 9.53 Å². The smallest absolute Gasteiger partial charge is 0.345 e. The van der Waals surface area contributed by atoms with E-state index in [9.17, 15) is 19.7 Å². The third kappa shape index (κ3) is 3.94. The van der Waals surface area contributed by atoms with E-state index < -0.39 is 22.9 Å². The Morgan fingerprint density at radius 3 is 2.71 bits per heavy atom. The van der Waals surface area contributed by atoms with Crippen molar-refractivity contribution >= 4 is 23.4 Å². The second kappa shape index (κ2) is 7.36. The number of amides is 1. The molecule has 1 atom stereocenters. The first-order chi connectivity index (χ1) is 11.4. The van der Waals surface area contributed by atoms with Gasteiger partial charge >= 0.3 is 5.97 Å². The second-order valence-electron chi connectivity index (χ2n) is 4.89. The van der Waals surface area contributed by atoms with Crippen LogP contribution in [0.4, 0.5) is 11.5 Å². The lowest BCUT2D eigenvalue weighted by Crippen LogP contribution is -2.32. The molecule has 0 spiro atoms. The molecule has 126 valence electrons. The van der Waals surface area contributed by atoms with E-state index in [0.717, 1.165) is 0 Å². The number of carbonyl (C=O) groups excluding carboxylic acids is 2. The van der Waals surface area contributed by atoms with Gasteiger partial charge in [-0.05, 0) is 19.4 Å². The van der Waals surface area contributed by atoms with Crippen LogP contribution in [-0.4, -0.2) is 28.1 Å². The normalized spacial score (nSPS) is 11.6. The van der Waals surface area contributed by atoms with E-state index in [4.69, 9.17) is 9.26 Å². The molecule has 0 saturated carbocycles. The number of hydrogen-bond acceptors (Lipinski definition) is 7. The number of ether oxygens (including phenoxy) is 1. The number of carbonyl (C=O) groups is 2. The van der Waals surface area contributed by atoms with Gasteiger partial charge in [0.25, 0.3) is 11.6 Å². The zero-order chi connectivity index (χ0) is 17.7. The molecule has 0 aliphatic rings. The molecule has 0 aliphatic carbocycles. The number of nitro groups is 1. The SMILES string of the molecule is CCC(OC(=O)c1ccccc1[N+](=O)[O-])C(=O)Nc1cc(C)on1. The van der Waals surface area contributed by atoms with Crippen LogP contribution in [0.3, 0.4) is 0 Å². The Hall–Kier alpha value is -3.23. The molecule has 1 unspecified atom stereocenters. The average molecular weight is 333 g/mol. The molecule has 1 amide bonds. The summed E-state index contributed by atoms with van der Waals surface area (Å²) in [5.74, 6) is -0.841. The monoisotopic (exact) mass is 333 g/mol. The molecule has 1 N–H and O–H groups in total.